The third kappa shape index (κ3) is 1.44. The summed E-state index contributed by atoms with van der Waals surface area (Å²) < 4.78 is 5.41. The topological polar surface area (TPSA) is 21.6 Å². The average Bonchev–Trinajstić information content (AvgIpc) is 2.83. The number of allylic oxidation sites excluding steroid dienone is 1. The van der Waals surface area contributed by atoms with E-state index in [9.17, 15) is 0 Å². The lowest BCUT2D eigenvalue weighted by molar-refractivity contribution is 0.414. The van der Waals surface area contributed by atoms with Crippen LogP contribution in [0.4, 0.5) is 0 Å². The Kier molecular flexibility index (Phi) is 2.41. The van der Waals surface area contributed by atoms with Crippen molar-refractivity contribution in [2.24, 2.45) is 5.16 Å². The highest BCUT2D eigenvalue weighted by atomic mass is 33.1. The Morgan fingerprint density at radius 3 is 2.62 bits per heavy atom. The van der Waals surface area contributed by atoms with Gasteiger partial charge in [-0.25, -0.2) is 0 Å². The van der Waals surface area contributed by atoms with Gasteiger partial charge in [0.1, 0.15) is 0 Å². The molecule has 0 radical (unpaired) electrons. The molecule has 0 bridgehead atoms. The van der Waals surface area contributed by atoms with Crippen LogP contribution in [0.3, 0.4) is 0 Å². The predicted molar refractivity (Wildman–Crippen MR) is 73.4 cm³/mol. The van der Waals surface area contributed by atoms with Gasteiger partial charge in [-0.15, -0.1) is 0 Å². The predicted octanol–water partition coefficient (Wildman–Crippen LogP) is 3.84. The van der Waals surface area contributed by atoms with E-state index in [1.165, 1.54) is 20.9 Å². The summed E-state index contributed by atoms with van der Waals surface area (Å²) in [5.41, 5.74) is 3.62. The standard InChI is InChI=1S/C12H11NOS2/c1-8-11(10-6-4-3-5-7-10)15-16-12(8)9(2)13-14-16/h3-7H,1-2H3. The van der Waals surface area contributed by atoms with E-state index < -0.39 is 0 Å². The van der Waals surface area contributed by atoms with Crippen LogP contribution in [0.2, 0.25) is 0 Å². The first-order valence-corrected chi connectivity index (χ1v) is 7.54. The van der Waals surface area contributed by atoms with Gasteiger partial charge in [0.2, 0.25) is 0 Å². The van der Waals surface area contributed by atoms with Crippen molar-refractivity contribution >= 4 is 36.1 Å². The number of rotatable bonds is 1. The zero-order valence-corrected chi connectivity index (χ0v) is 10.7. The Hall–Kier alpha value is -1.00. The van der Waals surface area contributed by atoms with Gasteiger partial charge in [-0.2, -0.15) is 0 Å². The normalized spacial score (nSPS) is 23.2. The Bertz CT molecular complexity index is 543. The molecular weight excluding hydrogens is 238 g/mol. The smallest absolute Gasteiger partial charge is 0.0986 e. The molecule has 1 atom stereocenters. The van der Waals surface area contributed by atoms with Gasteiger partial charge < -0.3 is 4.28 Å². The largest absolute Gasteiger partial charge is 0.319 e. The highest BCUT2D eigenvalue weighted by Gasteiger charge is 2.30. The Labute approximate surface area is 101 Å². The second-order valence-electron chi connectivity index (χ2n) is 3.72. The van der Waals surface area contributed by atoms with Crippen LogP contribution in [-0.4, -0.2) is 10.6 Å². The minimum absolute atomic E-state index is 0.203. The van der Waals surface area contributed by atoms with E-state index in [4.69, 9.17) is 4.28 Å². The molecule has 4 heteroatoms. The molecule has 0 spiro atoms. The fraction of sp³-hybridized carbons (Fsp3) is 0.167. The quantitative estimate of drug-likeness (QED) is 0.557. The zero-order chi connectivity index (χ0) is 11.1. The summed E-state index contributed by atoms with van der Waals surface area (Å²) in [7, 11) is 1.58. The van der Waals surface area contributed by atoms with Gasteiger partial charge in [0.25, 0.3) is 0 Å². The van der Waals surface area contributed by atoms with Gasteiger partial charge in [0, 0.05) is 4.91 Å². The molecular formula is C12H11NOS2. The third-order valence-corrected chi connectivity index (χ3v) is 6.25. The molecule has 0 aliphatic carbocycles. The maximum Gasteiger partial charge on any atom is 0.0986 e. The van der Waals surface area contributed by atoms with Crippen molar-refractivity contribution in [3.05, 3.63) is 41.5 Å². The van der Waals surface area contributed by atoms with Gasteiger partial charge in [0.05, 0.1) is 20.4 Å². The minimum atomic E-state index is -0.203. The summed E-state index contributed by atoms with van der Waals surface area (Å²) >= 11 is 0. The van der Waals surface area contributed by atoms with Crippen LogP contribution >= 0.6 is 20.6 Å². The second-order valence-corrected chi connectivity index (χ2v) is 6.73. The van der Waals surface area contributed by atoms with Crippen molar-refractivity contribution in [3.8, 4) is 0 Å². The Morgan fingerprint density at radius 1 is 1.19 bits per heavy atom. The first-order chi connectivity index (χ1) is 7.77. The van der Waals surface area contributed by atoms with Crippen LogP contribution in [0.5, 0.6) is 0 Å². The van der Waals surface area contributed by atoms with E-state index in [0.717, 1.165) is 5.71 Å². The fourth-order valence-electron chi connectivity index (χ4n) is 1.84. The zero-order valence-electron chi connectivity index (χ0n) is 9.06. The lowest BCUT2D eigenvalue weighted by atomic mass is 10.1. The number of benzene rings is 1. The number of hydrogen-bond donors (Lipinski definition) is 0. The highest BCUT2D eigenvalue weighted by molar-refractivity contribution is 8.86. The number of oxime groups is 1. The third-order valence-electron chi connectivity index (χ3n) is 2.61. The van der Waals surface area contributed by atoms with Crippen molar-refractivity contribution in [1.82, 2.24) is 0 Å². The molecule has 2 nitrogen and oxygen atoms in total. The van der Waals surface area contributed by atoms with Crippen LogP contribution in [0.25, 0.3) is 4.91 Å². The van der Waals surface area contributed by atoms with Crippen LogP contribution in [0.15, 0.2) is 41.1 Å². The van der Waals surface area contributed by atoms with Crippen LogP contribution in [-0.2, 0) is 4.28 Å². The van der Waals surface area contributed by atoms with Crippen molar-refractivity contribution in [3.63, 3.8) is 0 Å². The van der Waals surface area contributed by atoms with Crippen molar-refractivity contribution in [2.75, 3.05) is 0 Å². The summed E-state index contributed by atoms with van der Waals surface area (Å²) in [6, 6.07) is 10.5. The van der Waals surface area contributed by atoms with E-state index in [1.54, 1.807) is 10.8 Å². The molecule has 1 aromatic carbocycles. The monoisotopic (exact) mass is 249 g/mol. The molecule has 16 heavy (non-hydrogen) atoms. The van der Waals surface area contributed by atoms with Crippen LogP contribution in [0.1, 0.15) is 19.4 Å². The molecule has 2 heterocycles. The molecule has 1 unspecified atom stereocenters. The first-order valence-electron chi connectivity index (χ1n) is 5.06. The Morgan fingerprint density at radius 2 is 1.94 bits per heavy atom. The molecule has 2 aliphatic rings. The lowest BCUT2D eigenvalue weighted by Crippen LogP contribution is -2.06. The van der Waals surface area contributed by atoms with E-state index in [1.807, 2.05) is 13.0 Å². The second kappa shape index (κ2) is 3.79. The highest BCUT2D eigenvalue weighted by Crippen LogP contribution is 2.54. The Balaban J connectivity index is 2.05. The van der Waals surface area contributed by atoms with Crippen LogP contribution in [0, 0.1) is 0 Å². The van der Waals surface area contributed by atoms with Gasteiger partial charge in [-0.3, -0.25) is 0 Å². The summed E-state index contributed by atoms with van der Waals surface area (Å²) in [5.74, 6) is 0. The molecule has 1 aromatic rings. The first kappa shape index (κ1) is 10.2. The SMILES string of the molecule is CC1=NOS2=C1C(C)=C(c1ccccc1)S2. The molecule has 2 aliphatic heterocycles. The maximum atomic E-state index is 5.41. The number of hydrogen-bond acceptors (Lipinski definition) is 3. The summed E-state index contributed by atoms with van der Waals surface area (Å²) in [4.78, 5) is 2.61. The minimum Gasteiger partial charge on any atom is -0.319 e. The average molecular weight is 249 g/mol. The van der Waals surface area contributed by atoms with E-state index in [-0.39, 0.29) is 9.80 Å². The van der Waals surface area contributed by atoms with Crippen molar-refractivity contribution in [1.29, 1.82) is 0 Å². The molecule has 0 fully saturated rings. The van der Waals surface area contributed by atoms with E-state index in [2.05, 4.69) is 36.3 Å². The molecule has 0 saturated carbocycles. The lowest BCUT2D eigenvalue weighted by Gasteiger charge is -2.04. The molecule has 82 valence electrons. The summed E-state index contributed by atoms with van der Waals surface area (Å²) in [5, 5.41) is 4.04. The van der Waals surface area contributed by atoms with Crippen molar-refractivity contribution in [2.45, 2.75) is 13.8 Å². The van der Waals surface area contributed by atoms with Crippen LogP contribution < -0.4 is 0 Å². The van der Waals surface area contributed by atoms with E-state index in [0.29, 0.717) is 0 Å². The molecule has 0 aromatic heterocycles. The molecule has 0 N–H and O–H groups in total. The summed E-state index contributed by atoms with van der Waals surface area (Å²) in [6.07, 6.45) is 0. The van der Waals surface area contributed by atoms with Gasteiger partial charge in [-0.05, 0) is 35.8 Å². The van der Waals surface area contributed by atoms with Gasteiger partial charge in [-0.1, -0.05) is 35.5 Å². The van der Waals surface area contributed by atoms with Gasteiger partial charge in [0.15, 0.2) is 0 Å². The molecule has 0 saturated heterocycles. The van der Waals surface area contributed by atoms with Crippen molar-refractivity contribution < 1.29 is 4.28 Å². The van der Waals surface area contributed by atoms with E-state index >= 15 is 0 Å². The molecule has 0 amide bonds. The van der Waals surface area contributed by atoms with Gasteiger partial charge >= 0.3 is 0 Å². The number of nitrogens with zero attached hydrogens (tertiary/aromatic N) is 1. The maximum absolute atomic E-state index is 5.41. The molecule has 3 rings (SSSR count). The fourth-order valence-corrected chi connectivity index (χ4v) is 5.80. The summed E-state index contributed by atoms with van der Waals surface area (Å²) in [6.45, 7) is 4.17.